The fourth-order valence-electron chi connectivity index (χ4n) is 3.07. The first-order valence-corrected chi connectivity index (χ1v) is 7.84. The number of hydrogen-bond acceptors (Lipinski definition) is 6. The largest absolute Gasteiger partial charge is 0.465 e. The van der Waals surface area contributed by atoms with Crippen LogP contribution in [0.3, 0.4) is 0 Å². The molecule has 2 N–H and O–H groups in total. The molecular weight excluding hydrogens is 320 g/mol. The Morgan fingerprint density at radius 2 is 2.30 bits per heavy atom. The number of halogens is 1. The first-order valence-electron chi connectivity index (χ1n) is 7.47. The van der Waals surface area contributed by atoms with Crippen molar-refractivity contribution in [3.05, 3.63) is 16.5 Å². The van der Waals surface area contributed by atoms with E-state index in [4.69, 9.17) is 22.0 Å². The van der Waals surface area contributed by atoms with Gasteiger partial charge in [0.25, 0.3) is 0 Å². The normalized spacial score (nSPS) is 20.8. The van der Waals surface area contributed by atoms with Crippen LogP contribution in [0.4, 0.5) is 10.6 Å². The number of amides is 1. The number of aromatic nitrogens is 2. The molecule has 1 fully saturated rings. The molecule has 1 amide bonds. The van der Waals surface area contributed by atoms with Crippen molar-refractivity contribution in [2.24, 2.45) is 0 Å². The Kier molecular flexibility index (Phi) is 4.50. The van der Waals surface area contributed by atoms with E-state index >= 15 is 0 Å². The lowest BCUT2D eigenvalue weighted by molar-refractivity contribution is 0.139. The van der Waals surface area contributed by atoms with E-state index < -0.39 is 6.09 Å². The third-order valence-corrected chi connectivity index (χ3v) is 4.35. The van der Waals surface area contributed by atoms with Gasteiger partial charge in [-0.15, -0.1) is 0 Å². The smallest absolute Gasteiger partial charge is 0.407 e. The number of nitriles is 1. The van der Waals surface area contributed by atoms with Crippen LogP contribution in [-0.2, 0) is 13.0 Å². The van der Waals surface area contributed by atoms with Crippen molar-refractivity contribution < 1.29 is 9.90 Å². The fraction of sp³-hybridized carbons (Fsp3) is 0.571. The molecule has 3 rings (SSSR count). The van der Waals surface area contributed by atoms with Gasteiger partial charge in [0.05, 0.1) is 24.7 Å². The van der Waals surface area contributed by atoms with Gasteiger partial charge in [0.1, 0.15) is 5.82 Å². The summed E-state index contributed by atoms with van der Waals surface area (Å²) in [6.07, 6.45) is 0.0499. The molecule has 0 aromatic carbocycles. The van der Waals surface area contributed by atoms with Gasteiger partial charge in [-0.05, 0) is 18.0 Å². The third kappa shape index (κ3) is 3.30. The van der Waals surface area contributed by atoms with Gasteiger partial charge in [-0.1, -0.05) is 0 Å². The van der Waals surface area contributed by atoms with Crippen LogP contribution < -0.4 is 10.2 Å². The predicted molar refractivity (Wildman–Crippen MR) is 83.4 cm³/mol. The van der Waals surface area contributed by atoms with Gasteiger partial charge in [-0.25, -0.2) is 14.8 Å². The molecule has 8 nitrogen and oxygen atoms in total. The third-order valence-electron chi connectivity index (χ3n) is 4.18. The van der Waals surface area contributed by atoms with Gasteiger partial charge in [0.15, 0.2) is 0 Å². The lowest BCUT2D eigenvalue weighted by Crippen LogP contribution is -2.51. The molecule has 0 bridgehead atoms. The quantitative estimate of drug-likeness (QED) is 0.771. The summed E-state index contributed by atoms with van der Waals surface area (Å²) in [5, 5.41) is 21.5. The Bertz CT molecular complexity index is 661. The van der Waals surface area contributed by atoms with E-state index in [1.165, 1.54) is 4.90 Å². The molecule has 23 heavy (non-hydrogen) atoms. The maximum Gasteiger partial charge on any atom is 0.407 e. The number of piperazine rings is 1. The van der Waals surface area contributed by atoms with Gasteiger partial charge in [-0.2, -0.15) is 5.26 Å². The predicted octanol–water partition coefficient (Wildman–Crippen LogP) is 0.858. The molecule has 0 saturated carbocycles. The SMILES string of the molecule is N#CCC1CN(c2nc(Cl)nc3c2CCN(C(=O)O)C3)CCN1. The van der Waals surface area contributed by atoms with Crippen molar-refractivity contribution >= 4 is 23.5 Å². The Morgan fingerprint density at radius 3 is 3.04 bits per heavy atom. The number of rotatable bonds is 2. The summed E-state index contributed by atoms with van der Waals surface area (Å²) < 4.78 is 0. The lowest BCUT2D eigenvalue weighted by atomic mass is 10.0. The van der Waals surface area contributed by atoms with Gasteiger partial charge in [0, 0.05) is 37.8 Å². The lowest BCUT2D eigenvalue weighted by Gasteiger charge is -2.36. The molecule has 2 aliphatic rings. The molecule has 0 radical (unpaired) electrons. The Labute approximate surface area is 138 Å². The molecule has 1 atom stereocenters. The summed E-state index contributed by atoms with van der Waals surface area (Å²) >= 11 is 6.04. The van der Waals surface area contributed by atoms with Crippen LogP contribution in [0, 0.1) is 11.3 Å². The second-order valence-corrected chi connectivity index (χ2v) is 5.99. The van der Waals surface area contributed by atoms with Crippen molar-refractivity contribution in [2.75, 3.05) is 31.1 Å². The number of hydrogen-bond donors (Lipinski definition) is 2. The monoisotopic (exact) mass is 336 g/mol. The van der Waals surface area contributed by atoms with Crippen molar-refractivity contribution in [3.63, 3.8) is 0 Å². The summed E-state index contributed by atoms with van der Waals surface area (Å²) in [5.74, 6) is 0.773. The molecule has 0 aliphatic carbocycles. The van der Waals surface area contributed by atoms with Crippen LogP contribution in [0.25, 0.3) is 0 Å². The minimum atomic E-state index is -0.955. The van der Waals surface area contributed by atoms with Gasteiger partial charge in [0.2, 0.25) is 5.28 Å². The fourth-order valence-corrected chi connectivity index (χ4v) is 3.25. The van der Waals surface area contributed by atoms with Crippen LogP contribution in [0.2, 0.25) is 5.28 Å². The molecule has 0 spiro atoms. The number of carboxylic acid groups (broad SMARTS) is 1. The van der Waals surface area contributed by atoms with Crippen LogP contribution >= 0.6 is 11.6 Å². The van der Waals surface area contributed by atoms with E-state index in [1.54, 1.807) is 0 Å². The van der Waals surface area contributed by atoms with Crippen molar-refractivity contribution in [1.29, 1.82) is 5.26 Å². The van der Waals surface area contributed by atoms with Crippen molar-refractivity contribution in [1.82, 2.24) is 20.2 Å². The zero-order valence-electron chi connectivity index (χ0n) is 12.5. The summed E-state index contributed by atoms with van der Waals surface area (Å²) in [7, 11) is 0. The van der Waals surface area contributed by atoms with E-state index in [2.05, 4.69) is 26.3 Å². The van der Waals surface area contributed by atoms with E-state index in [1.807, 2.05) is 0 Å². The molecule has 2 aliphatic heterocycles. The first kappa shape index (κ1) is 15.8. The van der Waals surface area contributed by atoms with E-state index in [9.17, 15) is 4.79 Å². The molecule has 1 saturated heterocycles. The minimum Gasteiger partial charge on any atom is -0.465 e. The van der Waals surface area contributed by atoms with Crippen LogP contribution in [0.1, 0.15) is 17.7 Å². The second kappa shape index (κ2) is 6.56. The van der Waals surface area contributed by atoms with Gasteiger partial charge < -0.3 is 20.2 Å². The zero-order chi connectivity index (χ0) is 16.4. The summed E-state index contributed by atoms with van der Waals surface area (Å²) in [4.78, 5) is 23.2. The highest BCUT2D eigenvalue weighted by molar-refractivity contribution is 6.28. The molecule has 122 valence electrons. The second-order valence-electron chi connectivity index (χ2n) is 5.65. The highest BCUT2D eigenvalue weighted by Crippen LogP contribution is 2.28. The zero-order valence-corrected chi connectivity index (χ0v) is 13.3. The molecule has 1 aromatic heterocycles. The van der Waals surface area contributed by atoms with Crippen LogP contribution in [0.15, 0.2) is 0 Å². The summed E-state index contributed by atoms with van der Waals surface area (Å²) in [6, 6.07) is 2.28. The van der Waals surface area contributed by atoms with E-state index in [0.717, 1.165) is 24.5 Å². The highest BCUT2D eigenvalue weighted by atomic mass is 35.5. The maximum absolute atomic E-state index is 11.2. The number of nitrogens with one attached hydrogen (secondary N) is 1. The highest BCUT2D eigenvalue weighted by Gasteiger charge is 2.29. The van der Waals surface area contributed by atoms with Gasteiger partial charge in [-0.3, -0.25) is 0 Å². The van der Waals surface area contributed by atoms with Crippen LogP contribution in [-0.4, -0.2) is 58.3 Å². The summed E-state index contributed by atoms with van der Waals surface area (Å²) in [6.45, 7) is 2.87. The van der Waals surface area contributed by atoms with Crippen LogP contribution in [0.5, 0.6) is 0 Å². The number of anilines is 1. The molecule has 1 unspecified atom stereocenters. The van der Waals surface area contributed by atoms with Gasteiger partial charge >= 0.3 is 6.09 Å². The summed E-state index contributed by atoms with van der Waals surface area (Å²) in [5.41, 5.74) is 1.63. The number of fused-ring (bicyclic) bond motifs is 1. The van der Waals surface area contributed by atoms with E-state index in [-0.39, 0.29) is 17.9 Å². The Morgan fingerprint density at radius 1 is 1.48 bits per heavy atom. The van der Waals surface area contributed by atoms with Crippen molar-refractivity contribution in [2.45, 2.75) is 25.4 Å². The Balaban J connectivity index is 1.89. The average Bonchev–Trinajstić information content (AvgIpc) is 2.54. The topological polar surface area (TPSA) is 105 Å². The molecule has 1 aromatic rings. The maximum atomic E-state index is 11.2. The number of carbonyl (C=O) groups is 1. The standard InChI is InChI=1S/C14H17ClN6O2/c15-13-18-11-8-21(14(22)23)5-2-10(11)12(19-13)20-6-4-17-9(7-20)1-3-16/h9,17H,1-2,4-8H2,(H,22,23). The first-order chi connectivity index (χ1) is 11.1. The molecular formula is C14H17ClN6O2. The number of nitrogens with zero attached hydrogens (tertiary/aromatic N) is 5. The Hall–Kier alpha value is -2.11. The molecule has 9 heteroatoms. The minimum absolute atomic E-state index is 0.0947. The molecule has 3 heterocycles. The van der Waals surface area contributed by atoms with Crippen molar-refractivity contribution in [3.8, 4) is 6.07 Å². The average molecular weight is 337 g/mol. The van der Waals surface area contributed by atoms with E-state index in [0.29, 0.717) is 31.6 Å².